The van der Waals surface area contributed by atoms with Crippen molar-refractivity contribution in [2.75, 3.05) is 0 Å². The van der Waals surface area contributed by atoms with Crippen LogP contribution in [0.2, 0.25) is 0 Å². The molecule has 0 saturated heterocycles. The predicted octanol–water partition coefficient (Wildman–Crippen LogP) is 1.97. The Hall–Kier alpha value is -2.14. The zero-order valence-electron chi connectivity index (χ0n) is 11.8. The SMILES string of the molecule is CCc1nn(C)cc1CNCc1cccc(C(=O)O)c1. The van der Waals surface area contributed by atoms with Gasteiger partial charge < -0.3 is 10.4 Å². The van der Waals surface area contributed by atoms with E-state index in [1.165, 1.54) is 5.56 Å². The van der Waals surface area contributed by atoms with Gasteiger partial charge in [0, 0.05) is 31.9 Å². The maximum atomic E-state index is 10.9. The van der Waals surface area contributed by atoms with Crippen LogP contribution in [0.25, 0.3) is 0 Å². The highest BCUT2D eigenvalue weighted by Crippen LogP contribution is 2.08. The van der Waals surface area contributed by atoms with Crippen LogP contribution in [0.4, 0.5) is 0 Å². The minimum absolute atomic E-state index is 0.319. The molecule has 106 valence electrons. The lowest BCUT2D eigenvalue weighted by Gasteiger charge is -2.05. The number of nitrogens with zero attached hydrogens (tertiary/aromatic N) is 2. The maximum absolute atomic E-state index is 10.9. The second-order valence-corrected chi connectivity index (χ2v) is 4.74. The summed E-state index contributed by atoms with van der Waals surface area (Å²) in [4.78, 5) is 10.9. The van der Waals surface area contributed by atoms with E-state index in [1.807, 2.05) is 24.0 Å². The Labute approximate surface area is 118 Å². The van der Waals surface area contributed by atoms with E-state index in [1.54, 1.807) is 18.2 Å². The molecule has 0 aliphatic heterocycles. The summed E-state index contributed by atoms with van der Waals surface area (Å²) < 4.78 is 1.82. The van der Waals surface area contributed by atoms with Crippen molar-refractivity contribution in [1.82, 2.24) is 15.1 Å². The molecule has 0 saturated carbocycles. The average molecular weight is 273 g/mol. The number of rotatable bonds is 6. The van der Waals surface area contributed by atoms with Gasteiger partial charge in [-0.05, 0) is 24.1 Å². The van der Waals surface area contributed by atoms with Crippen molar-refractivity contribution in [2.24, 2.45) is 7.05 Å². The van der Waals surface area contributed by atoms with Gasteiger partial charge in [-0.3, -0.25) is 4.68 Å². The Bertz CT molecular complexity index is 605. The third kappa shape index (κ3) is 3.45. The molecule has 1 aromatic heterocycles. The second kappa shape index (κ2) is 6.34. The Morgan fingerprint density at radius 1 is 1.40 bits per heavy atom. The number of aromatic nitrogens is 2. The van der Waals surface area contributed by atoms with Gasteiger partial charge in [0.1, 0.15) is 0 Å². The van der Waals surface area contributed by atoms with Crippen molar-refractivity contribution in [3.63, 3.8) is 0 Å². The fourth-order valence-corrected chi connectivity index (χ4v) is 2.18. The van der Waals surface area contributed by atoms with Crippen LogP contribution in [0.3, 0.4) is 0 Å². The number of aromatic carboxylic acids is 1. The van der Waals surface area contributed by atoms with Crippen molar-refractivity contribution in [3.05, 3.63) is 52.8 Å². The van der Waals surface area contributed by atoms with Gasteiger partial charge in [0.15, 0.2) is 0 Å². The van der Waals surface area contributed by atoms with Crippen molar-refractivity contribution in [2.45, 2.75) is 26.4 Å². The average Bonchev–Trinajstić information content (AvgIpc) is 2.79. The number of carbonyl (C=O) groups is 1. The molecule has 20 heavy (non-hydrogen) atoms. The zero-order chi connectivity index (χ0) is 14.5. The summed E-state index contributed by atoms with van der Waals surface area (Å²) in [6, 6.07) is 6.98. The molecule has 0 atom stereocenters. The lowest BCUT2D eigenvalue weighted by molar-refractivity contribution is 0.0696. The highest BCUT2D eigenvalue weighted by atomic mass is 16.4. The van der Waals surface area contributed by atoms with Crippen molar-refractivity contribution in [1.29, 1.82) is 0 Å². The van der Waals surface area contributed by atoms with Crippen LogP contribution in [0.1, 0.15) is 34.1 Å². The van der Waals surface area contributed by atoms with Crippen LogP contribution in [0.5, 0.6) is 0 Å². The molecule has 0 unspecified atom stereocenters. The first-order valence-electron chi connectivity index (χ1n) is 6.64. The molecule has 2 N–H and O–H groups in total. The zero-order valence-corrected chi connectivity index (χ0v) is 11.8. The standard InChI is InChI=1S/C15H19N3O2/c1-3-14-13(10-18(2)17-14)9-16-8-11-5-4-6-12(7-11)15(19)20/h4-7,10,16H,3,8-9H2,1-2H3,(H,19,20). The van der Waals surface area contributed by atoms with Gasteiger partial charge in [-0.15, -0.1) is 0 Å². The van der Waals surface area contributed by atoms with E-state index in [2.05, 4.69) is 17.3 Å². The molecule has 0 fully saturated rings. The number of hydrogen-bond acceptors (Lipinski definition) is 3. The summed E-state index contributed by atoms with van der Waals surface area (Å²) in [5.74, 6) is -0.896. The molecule has 2 rings (SSSR count). The van der Waals surface area contributed by atoms with Gasteiger partial charge in [0.05, 0.1) is 11.3 Å². The summed E-state index contributed by atoms with van der Waals surface area (Å²) in [6.07, 6.45) is 2.92. The lowest BCUT2D eigenvalue weighted by atomic mass is 10.1. The monoisotopic (exact) mass is 273 g/mol. The lowest BCUT2D eigenvalue weighted by Crippen LogP contribution is -2.13. The molecular formula is C15H19N3O2. The molecule has 5 heteroatoms. The summed E-state index contributed by atoms with van der Waals surface area (Å²) in [5.41, 5.74) is 3.57. The topological polar surface area (TPSA) is 67.2 Å². The van der Waals surface area contributed by atoms with Gasteiger partial charge in [-0.2, -0.15) is 5.10 Å². The van der Waals surface area contributed by atoms with Crippen LogP contribution >= 0.6 is 0 Å². The number of benzene rings is 1. The summed E-state index contributed by atoms with van der Waals surface area (Å²) in [5, 5.41) is 16.7. The van der Waals surface area contributed by atoms with E-state index in [-0.39, 0.29) is 0 Å². The molecule has 0 radical (unpaired) electrons. The smallest absolute Gasteiger partial charge is 0.335 e. The van der Waals surface area contributed by atoms with E-state index in [0.29, 0.717) is 12.1 Å². The fourth-order valence-electron chi connectivity index (χ4n) is 2.18. The highest BCUT2D eigenvalue weighted by molar-refractivity contribution is 5.87. The van der Waals surface area contributed by atoms with Gasteiger partial charge in [0.2, 0.25) is 0 Å². The number of hydrogen-bond donors (Lipinski definition) is 2. The fraction of sp³-hybridized carbons (Fsp3) is 0.333. The quantitative estimate of drug-likeness (QED) is 0.844. The van der Waals surface area contributed by atoms with Crippen molar-refractivity contribution in [3.8, 4) is 0 Å². The Balaban J connectivity index is 1.95. The number of carboxylic acids is 1. The minimum Gasteiger partial charge on any atom is -0.478 e. The first-order valence-corrected chi connectivity index (χ1v) is 6.64. The van der Waals surface area contributed by atoms with Crippen molar-refractivity contribution < 1.29 is 9.90 Å². The van der Waals surface area contributed by atoms with Gasteiger partial charge in [-0.1, -0.05) is 19.1 Å². The third-order valence-corrected chi connectivity index (χ3v) is 3.15. The van der Waals surface area contributed by atoms with E-state index in [4.69, 9.17) is 5.11 Å². The molecule has 0 aliphatic rings. The molecule has 0 aliphatic carbocycles. The van der Waals surface area contributed by atoms with Crippen LogP contribution < -0.4 is 5.32 Å². The van der Waals surface area contributed by atoms with E-state index in [9.17, 15) is 4.79 Å². The van der Waals surface area contributed by atoms with Crippen LogP contribution in [-0.2, 0) is 26.6 Å². The van der Waals surface area contributed by atoms with Gasteiger partial charge in [-0.25, -0.2) is 4.79 Å². The summed E-state index contributed by atoms with van der Waals surface area (Å²) in [7, 11) is 1.92. The Morgan fingerprint density at radius 2 is 2.20 bits per heavy atom. The first-order chi connectivity index (χ1) is 9.60. The van der Waals surface area contributed by atoms with Crippen molar-refractivity contribution >= 4 is 5.97 Å². The first kappa shape index (κ1) is 14.3. The third-order valence-electron chi connectivity index (χ3n) is 3.15. The van der Waals surface area contributed by atoms with Crippen LogP contribution in [0.15, 0.2) is 30.5 Å². The summed E-state index contributed by atoms with van der Waals surface area (Å²) >= 11 is 0. The normalized spacial score (nSPS) is 10.7. The molecule has 2 aromatic rings. The number of aryl methyl sites for hydroxylation is 2. The molecule has 1 aromatic carbocycles. The Kier molecular flexibility index (Phi) is 4.53. The minimum atomic E-state index is -0.896. The molecule has 1 heterocycles. The highest BCUT2D eigenvalue weighted by Gasteiger charge is 2.06. The maximum Gasteiger partial charge on any atom is 0.335 e. The molecular weight excluding hydrogens is 254 g/mol. The molecule has 0 bridgehead atoms. The van der Waals surface area contributed by atoms with Gasteiger partial charge in [0.25, 0.3) is 0 Å². The van der Waals surface area contributed by atoms with Crippen LogP contribution in [-0.4, -0.2) is 20.9 Å². The van der Waals surface area contributed by atoms with E-state index < -0.39 is 5.97 Å². The molecule has 5 nitrogen and oxygen atoms in total. The second-order valence-electron chi connectivity index (χ2n) is 4.74. The van der Waals surface area contributed by atoms with E-state index in [0.717, 1.165) is 24.2 Å². The molecule has 0 spiro atoms. The van der Waals surface area contributed by atoms with Crippen LogP contribution in [0, 0.1) is 0 Å². The largest absolute Gasteiger partial charge is 0.478 e. The van der Waals surface area contributed by atoms with Gasteiger partial charge >= 0.3 is 5.97 Å². The predicted molar refractivity (Wildman–Crippen MR) is 76.5 cm³/mol. The molecule has 0 amide bonds. The summed E-state index contributed by atoms with van der Waals surface area (Å²) in [6.45, 7) is 3.45. The van der Waals surface area contributed by atoms with E-state index >= 15 is 0 Å². The number of carboxylic acid groups (broad SMARTS) is 1. The number of nitrogens with one attached hydrogen (secondary N) is 1. The Morgan fingerprint density at radius 3 is 2.90 bits per heavy atom.